The van der Waals surface area contributed by atoms with Gasteiger partial charge in [0.2, 0.25) is 0 Å². The monoisotopic (exact) mass is 328 g/mol. The molecule has 0 aliphatic heterocycles. The van der Waals surface area contributed by atoms with Crippen LogP contribution in [0.1, 0.15) is 23.4 Å². The van der Waals surface area contributed by atoms with Gasteiger partial charge >= 0.3 is 0 Å². The summed E-state index contributed by atoms with van der Waals surface area (Å²) in [6, 6.07) is 13.6. The van der Waals surface area contributed by atoms with E-state index >= 15 is 0 Å². The summed E-state index contributed by atoms with van der Waals surface area (Å²) in [7, 11) is 0. The lowest BCUT2D eigenvalue weighted by Crippen LogP contribution is -1.99. The Balaban J connectivity index is 2.22. The first-order valence-electron chi connectivity index (χ1n) is 6.41. The quantitative estimate of drug-likeness (QED) is 0.619. The van der Waals surface area contributed by atoms with Crippen molar-refractivity contribution in [3.05, 3.63) is 63.6 Å². The molecule has 0 bridgehead atoms. The van der Waals surface area contributed by atoms with Crippen molar-refractivity contribution in [3.8, 4) is 5.75 Å². The topological polar surface area (TPSA) is 9.23 Å². The second kappa shape index (κ2) is 7.21. The first kappa shape index (κ1) is 15.5. The smallest absolute Gasteiger partial charge is 0.139 e. The van der Waals surface area contributed by atoms with E-state index in [1.807, 2.05) is 37.3 Å². The summed E-state index contributed by atoms with van der Waals surface area (Å²) in [6.45, 7) is 2.45. The van der Waals surface area contributed by atoms with Gasteiger partial charge in [0.05, 0.1) is 17.0 Å². The lowest BCUT2D eigenvalue weighted by molar-refractivity contribution is 0.340. The van der Waals surface area contributed by atoms with E-state index in [9.17, 15) is 0 Å². The number of alkyl halides is 1. The number of ether oxygens (including phenoxy) is 1. The van der Waals surface area contributed by atoms with Gasteiger partial charge in [-0.05, 0) is 30.5 Å². The van der Waals surface area contributed by atoms with Crippen molar-refractivity contribution in [1.29, 1.82) is 0 Å². The second-order valence-corrected chi connectivity index (χ2v) is 5.74. The third kappa shape index (κ3) is 3.82. The molecular weight excluding hydrogens is 315 g/mol. The molecule has 2 aromatic rings. The first-order chi connectivity index (χ1) is 9.61. The standard InChI is InChI=1S/C16H15Cl3O/c1-2-20-16-10-14(18)12(9-15(16)19)13(17)8-11-6-4-3-5-7-11/h3-7,9-10,13H,2,8H2,1H3. The summed E-state index contributed by atoms with van der Waals surface area (Å²) in [5.41, 5.74) is 1.99. The van der Waals surface area contributed by atoms with Crippen molar-refractivity contribution in [1.82, 2.24) is 0 Å². The Hall–Kier alpha value is -0.890. The van der Waals surface area contributed by atoms with Crippen LogP contribution in [-0.2, 0) is 6.42 Å². The number of rotatable bonds is 5. The summed E-state index contributed by atoms with van der Waals surface area (Å²) in [5, 5.41) is 0.886. The molecule has 0 spiro atoms. The fourth-order valence-corrected chi connectivity index (χ4v) is 2.91. The molecule has 0 aliphatic carbocycles. The van der Waals surface area contributed by atoms with Gasteiger partial charge in [-0.3, -0.25) is 0 Å². The van der Waals surface area contributed by atoms with Gasteiger partial charge in [0.15, 0.2) is 0 Å². The Morgan fingerprint density at radius 1 is 1.05 bits per heavy atom. The molecule has 1 nitrogen and oxygen atoms in total. The molecule has 1 atom stereocenters. The molecule has 2 aromatic carbocycles. The number of hydrogen-bond donors (Lipinski definition) is 0. The van der Waals surface area contributed by atoms with Crippen LogP contribution in [0.5, 0.6) is 5.75 Å². The molecule has 0 N–H and O–H groups in total. The molecule has 0 fully saturated rings. The number of halogens is 3. The SMILES string of the molecule is CCOc1cc(Cl)c(C(Cl)Cc2ccccc2)cc1Cl. The molecule has 4 heteroatoms. The van der Waals surface area contributed by atoms with Gasteiger partial charge in [0.1, 0.15) is 5.75 Å². The van der Waals surface area contributed by atoms with E-state index in [1.54, 1.807) is 12.1 Å². The highest BCUT2D eigenvalue weighted by atomic mass is 35.5. The lowest BCUT2D eigenvalue weighted by Gasteiger charge is -2.14. The van der Waals surface area contributed by atoms with E-state index in [0.29, 0.717) is 28.8 Å². The van der Waals surface area contributed by atoms with Crippen molar-refractivity contribution in [2.75, 3.05) is 6.61 Å². The minimum Gasteiger partial charge on any atom is -0.492 e. The van der Waals surface area contributed by atoms with Crippen LogP contribution >= 0.6 is 34.8 Å². The Bertz CT molecular complexity index is 569. The predicted octanol–water partition coefficient (Wildman–Crippen LogP) is 5.91. The Kier molecular flexibility index (Phi) is 5.59. The van der Waals surface area contributed by atoms with Gasteiger partial charge in [-0.2, -0.15) is 0 Å². The fourth-order valence-electron chi connectivity index (χ4n) is 1.98. The molecule has 1 unspecified atom stereocenters. The summed E-state index contributed by atoms with van der Waals surface area (Å²) >= 11 is 18.9. The largest absolute Gasteiger partial charge is 0.492 e. The van der Waals surface area contributed by atoms with Gasteiger partial charge in [-0.15, -0.1) is 11.6 Å². The van der Waals surface area contributed by atoms with E-state index in [2.05, 4.69) is 0 Å². The van der Waals surface area contributed by atoms with Gasteiger partial charge in [0, 0.05) is 11.1 Å². The highest BCUT2D eigenvalue weighted by Crippen LogP contribution is 2.37. The molecule has 20 heavy (non-hydrogen) atoms. The second-order valence-electron chi connectivity index (χ2n) is 4.39. The highest BCUT2D eigenvalue weighted by Gasteiger charge is 2.16. The van der Waals surface area contributed by atoms with Gasteiger partial charge in [-0.25, -0.2) is 0 Å². The van der Waals surface area contributed by atoms with Gasteiger partial charge < -0.3 is 4.74 Å². The van der Waals surface area contributed by atoms with Crippen molar-refractivity contribution in [2.45, 2.75) is 18.7 Å². The molecule has 0 amide bonds. The van der Waals surface area contributed by atoms with E-state index < -0.39 is 0 Å². The Morgan fingerprint density at radius 2 is 1.75 bits per heavy atom. The van der Waals surface area contributed by atoms with E-state index in [-0.39, 0.29) is 5.38 Å². The minimum absolute atomic E-state index is 0.224. The molecule has 106 valence electrons. The fraction of sp³-hybridized carbons (Fsp3) is 0.250. The zero-order chi connectivity index (χ0) is 14.5. The molecular formula is C16H15Cl3O. The lowest BCUT2D eigenvalue weighted by atomic mass is 10.0. The Morgan fingerprint density at radius 3 is 2.40 bits per heavy atom. The summed E-state index contributed by atoms with van der Waals surface area (Å²) < 4.78 is 5.41. The highest BCUT2D eigenvalue weighted by molar-refractivity contribution is 6.35. The first-order valence-corrected chi connectivity index (χ1v) is 7.60. The maximum absolute atomic E-state index is 6.46. The molecule has 0 saturated heterocycles. The molecule has 0 aliphatic rings. The van der Waals surface area contributed by atoms with Crippen molar-refractivity contribution < 1.29 is 4.74 Å². The van der Waals surface area contributed by atoms with Crippen LogP contribution in [0.3, 0.4) is 0 Å². The predicted molar refractivity (Wildman–Crippen MR) is 86.4 cm³/mol. The third-order valence-electron chi connectivity index (χ3n) is 2.95. The summed E-state index contributed by atoms with van der Waals surface area (Å²) in [5.74, 6) is 0.589. The van der Waals surface area contributed by atoms with Crippen LogP contribution in [0.25, 0.3) is 0 Å². The van der Waals surface area contributed by atoms with Crippen LogP contribution in [-0.4, -0.2) is 6.61 Å². The molecule has 0 heterocycles. The van der Waals surface area contributed by atoms with E-state index in [0.717, 1.165) is 11.1 Å². The summed E-state index contributed by atoms with van der Waals surface area (Å²) in [6.07, 6.45) is 0.701. The van der Waals surface area contributed by atoms with Crippen LogP contribution in [0.2, 0.25) is 10.0 Å². The summed E-state index contributed by atoms with van der Waals surface area (Å²) in [4.78, 5) is 0. The normalized spacial score (nSPS) is 12.2. The van der Waals surface area contributed by atoms with Crippen molar-refractivity contribution in [3.63, 3.8) is 0 Å². The molecule has 0 saturated carbocycles. The average molecular weight is 330 g/mol. The zero-order valence-electron chi connectivity index (χ0n) is 11.1. The van der Waals surface area contributed by atoms with Crippen molar-refractivity contribution >= 4 is 34.8 Å². The Labute approximate surface area is 134 Å². The van der Waals surface area contributed by atoms with Crippen LogP contribution in [0.4, 0.5) is 0 Å². The van der Waals surface area contributed by atoms with Gasteiger partial charge in [-0.1, -0.05) is 53.5 Å². The third-order valence-corrected chi connectivity index (χ3v) is 3.96. The number of hydrogen-bond acceptors (Lipinski definition) is 1. The van der Waals surface area contributed by atoms with Crippen LogP contribution in [0.15, 0.2) is 42.5 Å². The van der Waals surface area contributed by atoms with Crippen LogP contribution < -0.4 is 4.74 Å². The van der Waals surface area contributed by atoms with Gasteiger partial charge in [0.25, 0.3) is 0 Å². The van der Waals surface area contributed by atoms with E-state index in [1.165, 1.54) is 0 Å². The minimum atomic E-state index is -0.224. The molecule has 2 rings (SSSR count). The zero-order valence-corrected chi connectivity index (χ0v) is 13.3. The average Bonchev–Trinajstić information content (AvgIpc) is 2.43. The van der Waals surface area contributed by atoms with Crippen LogP contribution in [0, 0.1) is 0 Å². The maximum atomic E-state index is 6.46. The van der Waals surface area contributed by atoms with Crippen molar-refractivity contribution in [2.24, 2.45) is 0 Å². The molecule has 0 radical (unpaired) electrons. The number of benzene rings is 2. The molecule has 0 aromatic heterocycles. The maximum Gasteiger partial charge on any atom is 0.139 e. The van der Waals surface area contributed by atoms with E-state index in [4.69, 9.17) is 39.5 Å².